The second-order valence-electron chi connectivity index (χ2n) is 6.05. The smallest absolute Gasteiger partial charge is 0.191 e. The van der Waals surface area contributed by atoms with E-state index in [2.05, 4.69) is 42.0 Å². The second kappa shape index (κ2) is 7.87. The van der Waals surface area contributed by atoms with Gasteiger partial charge in [-0.05, 0) is 44.3 Å². The number of nitrogens with zero attached hydrogens (tertiary/aromatic N) is 3. The maximum absolute atomic E-state index is 4.71. The van der Waals surface area contributed by atoms with Crippen molar-refractivity contribution in [2.45, 2.75) is 45.2 Å². The van der Waals surface area contributed by atoms with E-state index in [0.29, 0.717) is 0 Å². The molecule has 0 aromatic carbocycles. The molecule has 1 saturated heterocycles. The van der Waals surface area contributed by atoms with Crippen molar-refractivity contribution in [1.29, 1.82) is 0 Å². The summed E-state index contributed by atoms with van der Waals surface area (Å²) in [6, 6.07) is 2.10. The van der Waals surface area contributed by atoms with Gasteiger partial charge in [0.1, 0.15) is 11.6 Å². The van der Waals surface area contributed by atoms with Gasteiger partial charge in [-0.15, -0.1) is 0 Å². The molecule has 21 heavy (non-hydrogen) atoms. The molecule has 4 nitrogen and oxygen atoms in total. The topological polar surface area (TPSA) is 41.0 Å². The van der Waals surface area contributed by atoms with E-state index in [4.69, 9.17) is 4.98 Å². The Morgan fingerprint density at radius 2 is 2.14 bits per heavy atom. The third-order valence-electron chi connectivity index (χ3n) is 4.27. The van der Waals surface area contributed by atoms with E-state index in [1.54, 1.807) is 11.8 Å². The standard InChI is InChI=1S/C16H28N4S/c1-5-17-14-11-15(19-16(18-14)21-4)20-9-6-7-13(8-10-20)12(2)3/h11-13H,5-10H2,1-4H3,(H,17,18,19). The molecular weight excluding hydrogens is 280 g/mol. The third kappa shape index (κ3) is 4.50. The zero-order valence-corrected chi connectivity index (χ0v) is 14.5. The Labute approximate surface area is 133 Å². The molecule has 0 saturated carbocycles. The van der Waals surface area contributed by atoms with Crippen LogP contribution in [0.1, 0.15) is 40.0 Å². The highest BCUT2D eigenvalue weighted by molar-refractivity contribution is 7.98. The van der Waals surface area contributed by atoms with Crippen LogP contribution in [0.3, 0.4) is 0 Å². The number of hydrogen-bond acceptors (Lipinski definition) is 5. The van der Waals surface area contributed by atoms with Crippen LogP contribution in [0.15, 0.2) is 11.2 Å². The van der Waals surface area contributed by atoms with Gasteiger partial charge in [0.2, 0.25) is 0 Å². The van der Waals surface area contributed by atoms with Crippen LogP contribution in [-0.2, 0) is 0 Å². The predicted molar refractivity (Wildman–Crippen MR) is 92.4 cm³/mol. The monoisotopic (exact) mass is 308 g/mol. The lowest BCUT2D eigenvalue weighted by atomic mass is 9.89. The molecule has 2 rings (SSSR count). The van der Waals surface area contributed by atoms with Crippen molar-refractivity contribution in [2.24, 2.45) is 11.8 Å². The fourth-order valence-corrected chi connectivity index (χ4v) is 3.33. The van der Waals surface area contributed by atoms with Gasteiger partial charge in [0.05, 0.1) is 0 Å². The van der Waals surface area contributed by atoms with Crippen molar-refractivity contribution in [3.63, 3.8) is 0 Å². The molecule has 0 bridgehead atoms. The highest BCUT2D eigenvalue weighted by Gasteiger charge is 2.21. The third-order valence-corrected chi connectivity index (χ3v) is 4.82. The lowest BCUT2D eigenvalue weighted by molar-refractivity contribution is 0.351. The van der Waals surface area contributed by atoms with Gasteiger partial charge in [-0.3, -0.25) is 0 Å². The predicted octanol–water partition coefficient (Wildman–Crippen LogP) is 3.89. The number of nitrogens with one attached hydrogen (secondary N) is 1. The Kier molecular flexibility index (Phi) is 6.15. The zero-order chi connectivity index (χ0) is 15.2. The van der Waals surface area contributed by atoms with Crippen LogP contribution in [0.4, 0.5) is 11.6 Å². The molecule has 0 aliphatic carbocycles. The van der Waals surface area contributed by atoms with Crippen molar-refractivity contribution in [3.05, 3.63) is 6.07 Å². The van der Waals surface area contributed by atoms with Crippen LogP contribution < -0.4 is 10.2 Å². The average molecular weight is 308 g/mol. The van der Waals surface area contributed by atoms with Crippen molar-refractivity contribution in [1.82, 2.24) is 9.97 Å². The second-order valence-corrected chi connectivity index (χ2v) is 6.82. The normalized spacial score (nSPS) is 19.7. The summed E-state index contributed by atoms with van der Waals surface area (Å²) >= 11 is 1.61. The molecule has 1 aromatic heterocycles. The van der Waals surface area contributed by atoms with E-state index >= 15 is 0 Å². The fourth-order valence-electron chi connectivity index (χ4n) is 2.96. The van der Waals surface area contributed by atoms with E-state index in [-0.39, 0.29) is 0 Å². The van der Waals surface area contributed by atoms with Crippen molar-refractivity contribution in [3.8, 4) is 0 Å². The van der Waals surface area contributed by atoms with Gasteiger partial charge in [-0.2, -0.15) is 0 Å². The van der Waals surface area contributed by atoms with Gasteiger partial charge in [0.15, 0.2) is 5.16 Å². The van der Waals surface area contributed by atoms with Gasteiger partial charge < -0.3 is 10.2 Å². The Balaban J connectivity index is 2.14. The van der Waals surface area contributed by atoms with E-state index < -0.39 is 0 Å². The quantitative estimate of drug-likeness (QED) is 0.660. The van der Waals surface area contributed by atoms with E-state index in [0.717, 1.165) is 48.3 Å². The Hall–Kier alpha value is -0.970. The maximum Gasteiger partial charge on any atom is 0.191 e. The van der Waals surface area contributed by atoms with Gasteiger partial charge >= 0.3 is 0 Å². The molecule has 5 heteroatoms. The van der Waals surface area contributed by atoms with Crippen LogP contribution in [0.2, 0.25) is 0 Å². The number of anilines is 2. The van der Waals surface area contributed by atoms with Gasteiger partial charge in [-0.1, -0.05) is 25.6 Å². The number of thioether (sulfide) groups is 1. The Morgan fingerprint density at radius 3 is 2.81 bits per heavy atom. The summed E-state index contributed by atoms with van der Waals surface area (Å²) in [5, 5.41) is 4.17. The molecular formula is C16H28N4S. The summed E-state index contributed by atoms with van der Waals surface area (Å²) in [6.07, 6.45) is 5.91. The fraction of sp³-hybridized carbons (Fsp3) is 0.750. The molecule has 1 N–H and O–H groups in total. The lowest BCUT2D eigenvalue weighted by Gasteiger charge is -2.23. The van der Waals surface area contributed by atoms with Crippen molar-refractivity contribution >= 4 is 23.4 Å². The van der Waals surface area contributed by atoms with Crippen LogP contribution in [0, 0.1) is 11.8 Å². The maximum atomic E-state index is 4.71. The highest BCUT2D eigenvalue weighted by atomic mass is 32.2. The van der Waals surface area contributed by atoms with Gasteiger partial charge in [0, 0.05) is 25.7 Å². The minimum Gasteiger partial charge on any atom is -0.370 e. The Bertz CT molecular complexity index is 450. The van der Waals surface area contributed by atoms with Crippen molar-refractivity contribution in [2.75, 3.05) is 36.1 Å². The van der Waals surface area contributed by atoms with E-state index in [1.165, 1.54) is 19.3 Å². The van der Waals surface area contributed by atoms with E-state index in [9.17, 15) is 0 Å². The summed E-state index contributed by atoms with van der Waals surface area (Å²) in [5.74, 6) is 3.66. The first-order valence-corrected chi connectivity index (χ1v) is 9.28. The van der Waals surface area contributed by atoms with E-state index in [1.807, 2.05) is 6.26 Å². The van der Waals surface area contributed by atoms with Gasteiger partial charge in [-0.25, -0.2) is 9.97 Å². The molecule has 0 spiro atoms. The number of hydrogen-bond donors (Lipinski definition) is 1. The van der Waals surface area contributed by atoms with Crippen LogP contribution in [-0.4, -0.2) is 35.9 Å². The molecule has 1 atom stereocenters. The summed E-state index contributed by atoms with van der Waals surface area (Å²) in [5.41, 5.74) is 0. The van der Waals surface area contributed by atoms with Crippen LogP contribution in [0.25, 0.3) is 0 Å². The number of aromatic nitrogens is 2. The molecule has 118 valence electrons. The Morgan fingerprint density at radius 1 is 1.33 bits per heavy atom. The summed E-state index contributed by atoms with van der Waals surface area (Å²) in [7, 11) is 0. The summed E-state index contributed by atoms with van der Waals surface area (Å²) in [4.78, 5) is 11.7. The first kappa shape index (κ1) is 16.4. The minimum absolute atomic E-state index is 0.787. The largest absolute Gasteiger partial charge is 0.370 e. The number of rotatable bonds is 5. The SMILES string of the molecule is CCNc1cc(N2CCCC(C(C)C)CC2)nc(SC)n1. The molecule has 1 unspecified atom stereocenters. The molecule has 0 radical (unpaired) electrons. The zero-order valence-electron chi connectivity index (χ0n) is 13.7. The molecule has 1 aromatic rings. The molecule has 1 fully saturated rings. The summed E-state index contributed by atoms with van der Waals surface area (Å²) in [6.45, 7) is 9.90. The molecule has 2 heterocycles. The summed E-state index contributed by atoms with van der Waals surface area (Å²) < 4.78 is 0. The molecule has 1 aliphatic heterocycles. The van der Waals surface area contributed by atoms with Crippen LogP contribution in [0.5, 0.6) is 0 Å². The van der Waals surface area contributed by atoms with Crippen LogP contribution >= 0.6 is 11.8 Å². The molecule has 0 amide bonds. The van der Waals surface area contributed by atoms with Crippen molar-refractivity contribution < 1.29 is 0 Å². The first-order valence-electron chi connectivity index (χ1n) is 8.06. The minimum atomic E-state index is 0.787. The first-order chi connectivity index (χ1) is 10.1. The van der Waals surface area contributed by atoms with Gasteiger partial charge in [0.25, 0.3) is 0 Å². The highest BCUT2D eigenvalue weighted by Crippen LogP contribution is 2.28. The average Bonchev–Trinajstić information content (AvgIpc) is 2.73. The lowest BCUT2D eigenvalue weighted by Crippen LogP contribution is -2.26. The molecule has 1 aliphatic rings.